The second-order valence-electron chi connectivity index (χ2n) is 6.04. The molecule has 0 aromatic heterocycles. The van der Waals surface area contributed by atoms with Gasteiger partial charge in [-0.2, -0.15) is 0 Å². The van der Waals surface area contributed by atoms with Crippen molar-refractivity contribution in [1.29, 1.82) is 0 Å². The lowest BCUT2D eigenvalue weighted by Gasteiger charge is -2.17. The third-order valence-electron chi connectivity index (χ3n) is 4.16. The average Bonchev–Trinajstić information content (AvgIpc) is 2.67. The fraction of sp³-hybridized carbons (Fsp3) is 0.182. The Morgan fingerprint density at radius 3 is 2.27 bits per heavy atom. The molecule has 26 heavy (non-hydrogen) atoms. The number of rotatable bonds is 7. The van der Waals surface area contributed by atoms with Crippen LogP contribution >= 0.6 is 28.3 Å². The van der Waals surface area contributed by atoms with Crippen LogP contribution in [0, 0.1) is 0 Å². The summed E-state index contributed by atoms with van der Waals surface area (Å²) in [5, 5.41) is 3.58. The molecule has 0 saturated carbocycles. The Kier molecular flexibility index (Phi) is 8.17. The molecule has 3 rings (SSSR count). The van der Waals surface area contributed by atoms with Crippen LogP contribution in [0.15, 0.2) is 83.3 Å². The Morgan fingerprint density at radius 1 is 0.923 bits per heavy atom. The minimum absolute atomic E-state index is 0. The van der Waals surface area contributed by atoms with Gasteiger partial charge in [0, 0.05) is 22.6 Å². The van der Waals surface area contributed by atoms with Crippen LogP contribution in [-0.2, 0) is 13.2 Å². The molecule has 136 valence electrons. The van der Waals surface area contributed by atoms with Crippen molar-refractivity contribution in [2.75, 3.05) is 0 Å². The molecule has 3 aromatic rings. The Hall–Kier alpha value is -1.81. The van der Waals surface area contributed by atoms with E-state index in [1.807, 2.05) is 36.4 Å². The van der Waals surface area contributed by atoms with Crippen molar-refractivity contribution >= 4 is 28.3 Å². The minimum atomic E-state index is 0. The van der Waals surface area contributed by atoms with E-state index in [-0.39, 0.29) is 18.4 Å². The van der Waals surface area contributed by atoms with Crippen molar-refractivity contribution in [3.8, 4) is 5.75 Å². The van der Waals surface area contributed by atoms with Gasteiger partial charge >= 0.3 is 0 Å². The van der Waals surface area contributed by atoms with Crippen LogP contribution < -0.4 is 10.1 Å². The summed E-state index contributed by atoms with van der Waals surface area (Å²) in [6, 6.07) is 27.1. The molecule has 1 atom stereocenters. The standard InChI is InChI=1S/C22H22BrNO.ClH/c1-17(19-10-6-3-7-11-19)24-15-20-14-21(23)12-13-22(20)25-16-18-8-4-2-5-9-18;/h2-14,17,24H,15-16H2,1H3;1H. The highest BCUT2D eigenvalue weighted by Crippen LogP contribution is 2.25. The second-order valence-corrected chi connectivity index (χ2v) is 6.96. The van der Waals surface area contributed by atoms with Crippen LogP contribution in [0.5, 0.6) is 5.75 Å². The van der Waals surface area contributed by atoms with E-state index in [1.165, 1.54) is 11.1 Å². The lowest BCUT2D eigenvalue weighted by Crippen LogP contribution is -2.18. The number of hydrogen-bond acceptors (Lipinski definition) is 2. The molecule has 1 N–H and O–H groups in total. The Bertz CT molecular complexity index is 796. The Morgan fingerprint density at radius 2 is 1.58 bits per heavy atom. The minimum Gasteiger partial charge on any atom is -0.489 e. The van der Waals surface area contributed by atoms with Crippen molar-refractivity contribution in [1.82, 2.24) is 5.32 Å². The van der Waals surface area contributed by atoms with Gasteiger partial charge < -0.3 is 10.1 Å². The molecule has 0 heterocycles. The average molecular weight is 433 g/mol. The van der Waals surface area contributed by atoms with Gasteiger partial charge in [0.25, 0.3) is 0 Å². The molecule has 2 nitrogen and oxygen atoms in total. The molecular formula is C22H23BrClNO. The van der Waals surface area contributed by atoms with E-state index in [1.54, 1.807) is 0 Å². The molecule has 3 aromatic carbocycles. The predicted molar refractivity (Wildman–Crippen MR) is 114 cm³/mol. The molecule has 0 fully saturated rings. The SMILES string of the molecule is CC(NCc1cc(Br)ccc1OCc1ccccc1)c1ccccc1.Cl. The number of ether oxygens (including phenoxy) is 1. The highest BCUT2D eigenvalue weighted by atomic mass is 79.9. The fourth-order valence-electron chi connectivity index (χ4n) is 2.68. The van der Waals surface area contributed by atoms with Crippen LogP contribution in [0.1, 0.15) is 29.7 Å². The number of nitrogens with one attached hydrogen (secondary N) is 1. The van der Waals surface area contributed by atoms with E-state index in [9.17, 15) is 0 Å². The number of hydrogen-bond donors (Lipinski definition) is 1. The van der Waals surface area contributed by atoms with Crippen molar-refractivity contribution in [2.45, 2.75) is 26.1 Å². The smallest absolute Gasteiger partial charge is 0.124 e. The summed E-state index contributed by atoms with van der Waals surface area (Å²) in [6.45, 7) is 3.50. The Labute approximate surface area is 170 Å². The molecular weight excluding hydrogens is 410 g/mol. The maximum Gasteiger partial charge on any atom is 0.124 e. The zero-order valence-corrected chi connectivity index (χ0v) is 17.1. The van der Waals surface area contributed by atoms with Gasteiger partial charge in [0.1, 0.15) is 12.4 Å². The number of halogens is 2. The highest BCUT2D eigenvalue weighted by Gasteiger charge is 2.09. The molecule has 0 bridgehead atoms. The zero-order valence-electron chi connectivity index (χ0n) is 14.7. The fourth-order valence-corrected chi connectivity index (χ4v) is 3.09. The van der Waals surface area contributed by atoms with Gasteiger partial charge in [0.2, 0.25) is 0 Å². The summed E-state index contributed by atoms with van der Waals surface area (Å²) in [4.78, 5) is 0. The van der Waals surface area contributed by atoms with Crippen LogP contribution in [0.2, 0.25) is 0 Å². The third-order valence-corrected chi connectivity index (χ3v) is 4.65. The van der Waals surface area contributed by atoms with Gasteiger partial charge in [-0.1, -0.05) is 76.6 Å². The predicted octanol–water partition coefficient (Wildman–Crippen LogP) is 6.30. The molecule has 4 heteroatoms. The van der Waals surface area contributed by atoms with E-state index >= 15 is 0 Å². The normalized spacial score (nSPS) is 11.5. The van der Waals surface area contributed by atoms with E-state index in [4.69, 9.17) is 4.74 Å². The van der Waals surface area contributed by atoms with E-state index in [0.29, 0.717) is 6.61 Å². The summed E-state index contributed by atoms with van der Waals surface area (Å²) >= 11 is 3.56. The van der Waals surface area contributed by atoms with Crippen LogP contribution in [0.3, 0.4) is 0 Å². The first-order valence-corrected chi connectivity index (χ1v) is 9.25. The van der Waals surface area contributed by atoms with Crippen molar-refractivity contribution in [2.24, 2.45) is 0 Å². The van der Waals surface area contributed by atoms with Gasteiger partial charge in [0.05, 0.1) is 0 Å². The summed E-state index contributed by atoms with van der Waals surface area (Å²) in [5.74, 6) is 0.916. The molecule has 1 unspecified atom stereocenters. The summed E-state index contributed by atoms with van der Waals surface area (Å²) in [6.07, 6.45) is 0. The second kappa shape index (κ2) is 10.4. The first kappa shape index (κ1) is 20.5. The summed E-state index contributed by atoms with van der Waals surface area (Å²) in [5.41, 5.74) is 3.60. The van der Waals surface area contributed by atoms with Crippen LogP contribution in [-0.4, -0.2) is 0 Å². The quantitative estimate of drug-likeness (QED) is 0.473. The molecule has 0 aliphatic rings. The molecule has 0 spiro atoms. The molecule has 0 amide bonds. The summed E-state index contributed by atoms with van der Waals surface area (Å²) in [7, 11) is 0. The van der Waals surface area contributed by atoms with Crippen molar-refractivity contribution in [3.05, 3.63) is 100 Å². The van der Waals surface area contributed by atoms with Crippen molar-refractivity contribution < 1.29 is 4.74 Å². The van der Waals surface area contributed by atoms with Gasteiger partial charge in [-0.05, 0) is 36.2 Å². The summed E-state index contributed by atoms with van der Waals surface area (Å²) < 4.78 is 7.11. The first-order chi connectivity index (χ1) is 12.2. The molecule has 0 saturated heterocycles. The van der Waals surface area contributed by atoms with Gasteiger partial charge in [-0.3, -0.25) is 0 Å². The van der Waals surface area contributed by atoms with E-state index in [2.05, 4.69) is 70.6 Å². The largest absolute Gasteiger partial charge is 0.489 e. The lowest BCUT2D eigenvalue weighted by molar-refractivity contribution is 0.301. The van der Waals surface area contributed by atoms with Crippen LogP contribution in [0.25, 0.3) is 0 Å². The maximum atomic E-state index is 6.06. The third kappa shape index (κ3) is 5.87. The van der Waals surface area contributed by atoms with E-state index in [0.717, 1.165) is 22.3 Å². The first-order valence-electron chi connectivity index (χ1n) is 8.46. The van der Waals surface area contributed by atoms with Gasteiger partial charge in [-0.25, -0.2) is 0 Å². The molecule has 0 aliphatic carbocycles. The molecule has 0 aliphatic heterocycles. The lowest BCUT2D eigenvalue weighted by atomic mass is 10.1. The van der Waals surface area contributed by atoms with Crippen LogP contribution in [0.4, 0.5) is 0 Å². The Balaban J connectivity index is 0.00000243. The molecule has 0 radical (unpaired) electrons. The number of benzene rings is 3. The van der Waals surface area contributed by atoms with Crippen molar-refractivity contribution in [3.63, 3.8) is 0 Å². The highest BCUT2D eigenvalue weighted by molar-refractivity contribution is 9.10. The zero-order chi connectivity index (χ0) is 17.5. The topological polar surface area (TPSA) is 21.3 Å². The maximum absolute atomic E-state index is 6.06. The van der Waals surface area contributed by atoms with Gasteiger partial charge in [-0.15, -0.1) is 12.4 Å². The van der Waals surface area contributed by atoms with Gasteiger partial charge in [0.15, 0.2) is 0 Å². The monoisotopic (exact) mass is 431 g/mol. The van der Waals surface area contributed by atoms with E-state index < -0.39 is 0 Å².